The van der Waals surface area contributed by atoms with Crippen molar-refractivity contribution in [3.8, 4) is 0 Å². The van der Waals surface area contributed by atoms with Gasteiger partial charge < -0.3 is 4.98 Å². The fourth-order valence-corrected chi connectivity index (χ4v) is 3.91. The molecule has 0 saturated carbocycles. The molecule has 0 fully saturated rings. The van der Waals surface area contributed by atoms with Gasteiger partial charge >= 0.3 is 4.87 Å². The van der Waals surface area contributed by atoms with E-state index in [0.29, 0.717) is 16.9 Å². The standard InChI is InChI=1S/C11H11FN2O3S2/c1-6-5-8(3-4-9(6)12)14-19(16,17)10-7(2)13-11(15)18-10/h3-5,14H,1-2H3,(H,13,15). The zero-order chi connectivity index (χ0) is 14.2. The molecule has 2 N–H and O–H groups in total. The van der Waals surface area contributed by atoms with E-state index in [1.807, 2.05) is 0 Å². The number of H-pyrrole nitrogens is 1. The number of nitrogens with one attached hydrogen (secondary N) is 2. The predicted molar refractivity (Wildman–Crippen MR) is 71.6 cm³/mol. The number of benzene rings is 1. The molecule has 0 spiro atoms. The van der Waals surface area contributed by atoms with Gasteiger partial charge in [-0.05, 0) is 37.6 Å². The zero-order valence-corrected chi connectivity index (χ0v) is 11.8. The minimum atomic E-state index is -3.84. The molecule has 0 atom stereocenters. The van der Waals surface area contributed by atoms with E-state index in [1.54, 1.807) is 0 Å². The number of halogens is 1. The summed E-state index contributed by atoms with van der Waals surface area (Å²) in [6, 6.07) is 3.89. The molecule has 8 heteroatoms. The van der Waals surface area contributed by atoms with Crippen molar-refractivity contribution in [1.82, 2.24) is 4.98 Å². The van der Waals surface area contributed by atoms with Gasteiger partial charge in [-0.25, -0.2) is 12.8 Å². The van der Waals surface area contributed by atoms with Crippen LogP contribution in [0.3, 0.4) is 0 Å². The van der Waals surface area contributed by atoms with Crippen LogP contribution in [0.15, 0.2) is 27.2 Å². The minimum Gasteiger partial charge on any atom is -0.315 e. The first-order valence-electron chi connectivity index (χ1n) is 5.28. The van der Waals surface area contributed by atoms with Crippen molar-refractivity contribution in [2.24, 2.45) is 0 Å². The van der Waals surface area contributed by atoms with Crippen LogP contribution in [0, 0.1) is 19.7 Å². The second-order valence-corrected chi connectivity index (χ2v) is 6.86. The van der Waals surface area contributed by atoms with Crippen LogP contribution in [-0.2, 0) is 10.0 Å². The summed E-state index contributed by atoms with van der Waals surface area (Å²) in [4.78, 5) is 13.1. The van der Waals surface area contributed by atoms with Gasteiger partial charge in [0.2, 0.25) is 0 Å². The normalized spacial score (nSPS) is 11.5. The van der Waals surface area contributed by atoms with Crippen LogP contribution in [0.1, 0.15) is 11.3 Å². The SMILES string of the molecule is Cc1cc(NS(=O)(=O)c2sc(=O)[nH]c2C)ccc1F. The van der Waals surface area contributed by atoms with Crippen molar-refractivity contribution >= 4 is 27.0 Å². The summed E-state index contributed by atoms with van der Waals surface area (Å²) in [5.74, 6) is -0.412. The number of aryl methyl sites for hydroxylation is 2. The van der Waals surface area contributed by atoms with Crippen LogP contribution in [-0.4, -0.2) is 13.4 Å². The molecule has 1 aromatic carbocycles. The molecule has 1 aromatic heterocycles. The van der Waals surface area contributed by atoms with Crippen molar-refractivity contribution in [1.29, 1.82) is 0 Å². The summed E-state index contributed by atoms with van der Waals surface area (Å²) >= 11 is 0.612. The highest BCUT2D eigenvalue weighted by atomic mass is 32.2. The van der Waals surface area contributed by atoms with Crippen molar-refractivity contribution in [2.75, 3.05) is 4.72 Å². The Hall–Kier alpha value is -1.67. The Morgan fingerprint density at radius 3 is 2.53 bits per heavy atom. The Bertz CT molecular complexity index is 777. The molecule has 19 heavy (non-hydrogen) atoms. The molecule has 2 aromatic rings. The molecule has 0 saturated heterocycles. The van der Waals surface area contributed by atoms with E-state index in [9.17, 15) is 17.6 Å². The molecule has 0 amide bonds. The first-order valence-corrected chi connectivity index (χ1v) is 7.58. The van der Waals surface area contributed by atoms with Crippen molar-refractivity contribution < 1.29 is 12.8 Å². The molecular weight excluding hydrogens is 291 g/mol. The number of anilines is 1. The minimum absolute atomic E-state index is 0.0699. The maximum absolute atomic E-state index is 13.1. The molecule has 0 radical (unpaired) electrons. The first-order chi connectivity index (χ1) is 8.79. The molecule has 0 aliphatic rings. The number of aromatic amines is 1. The van der Waals surface area contributed by atoms with E-state index >= 15 is 0 Å². The molecule has 102 valence electrons. The Labute approximate surface area is 113 Å². The van der Waals surface area contributed by atoms with Crippen molar-refractivity contribution in [2.45, 2.75) is 18.1 Å². The molecular formula is C11H11FN2O3S2. The summed E-state index contributed by atoms with van der Waals surface area (Å²) in [7, 11) is -3.84. The van der Waals surface area contributed by atoms with E-state index in [0.717, 1.165) is 0 Å². The second-order valence-electron chi connectivity index (χ2n) is 4.00. The summed E-state index contributed by atoms with van der Waals surface area (Å²) in [6.07, 6.45) is 0. The van der Waals surface area contributed by atoms with Gasteiger partial charge in [0.25, 0.3) is 10.0 Å². The number of thiazole rings is 1. The lowest BCUT2D eigenvalue weighted by Crippen LogP contribution is -2.12. The van der Waals surface area contributed by atoms with Gasteiger partial charge in [-0.2, -0.15) is 0 Å². The average molecular weight is 302 g/mol. The Kier molecular flexibility index (Phi) is 3.46. The van der Waals surface area contributed by atoms with E-state index in [1.165, 1.54) is 32.0 Å². The largest absolute Gasteiger partial charge is 0.315 e. The first kappa shape index (κ1) is 13.8. The van der Waals surface area contributed by atoms with Gasteiger partial charge in [0.1, 0.15) is 5.82 Å². The highest BCUT2D eigenvalue weighted by molar-refractivity contribution is 7.94. The monoisotopic (exact) mass is 302 g/mol. The van der Waals surface area contributed by atoms with Crippen LogP contribution >= 0.6 is 11.3 Å². The highest BCUT2D eigenvalue weighted by Gasteiger charge is 2.20. The number of hydrogen-bond acceptors (Lipinski definition) is 4. The summed E-state index contributed by atoms with van der Waals surface area (Å²) in [6.45, 7) is 3.04. The third-order valence-corrected chi connectivity index (χ3v) is 5.42. The maximum Gasteiger partial charge on any atom is 0.306 e. The van der Waals surface area contributed by atoms with Crippen molar-refractivity contribution in [3.05, 3.63) is 44.9 Å². The van der Waals surface area contributed by atoms with Crippen LogP contribution in [0.4, 0.5) is 10.1 Å². The Balaban J connectivity index is 2.39. The molecule has 0 aliphatic heterocycles. The lowest BCUT2D eigenvalue weighted by Gasteiger charge is -2.07. The van der Waals surface area contributed by atoms with E-state index in [2.05, 4.69) is 9.71 Å². The topological polar surface area (TPSA) is 79.0 Å². The van der Waals surface area contributed by atoms with Gasteiger partial charge in [0.15, 0.2) is 4.21 Å². The van der Waals surface area contributed by atoms with Gasteiger partial charge in [0.05, 0.1) is 0 Å². The molecule has 2 rings (SSSR count). The third kappa shape index (κ3) is 2.85. The fraction of sp³-hybridized carbons (Fsp3) is 0.182. The fourth-order valence-electron chi connectivity index (χ4n) is 1.56. The maximum atomic E-state index is 13.1. The van der Waals surface area contributed by atoms with E-state index < -0.39 is 20.7 Å². The Morgan fingerprint density at radius 1 is 1.32 bits per heavy atom. The smallest absolute Gasteiger partial charge is 0.306 e. The van der Waals surface area contributed by atoms with Gasteiger partial charge in [-0.15, -0.1) is 0 Å². The molecule has 0 bridgehead atoms. The summed E-state index contributed by atoms with van der Waals surface area (Å²) < 4.78 is 39.5. The molecule has 0 aliphatic carbocycles. The number of sulfonamides is 1. The lowest BCUT2D eigenvalue weighted by atomic mass is 10.2. The zero-order valence-electron chi connectivity index (χ0n) is 10.2. The van der Waals surface area contributed by atoms with Gasteiger partial charge in [-0.3, -0.25) is 9.52 Å². The molecule has 1 heterocycles. The summed E-state index contributed by atoms with van der Waals surface area (Å²) in [5, 5.41) is 0. The van der Waals surface area contributed by atoms with Gasteiger partial charge in [-0.1, -0.05) is 11.3 Å². The van der Waals surface area contributed by atoms with E-state index in [-0.39, 0.29) is 15.6 Å². The van der Waals surface area contributed by atoms with Crippen LogP contribution in [0.2, 0.25) is 0 Å². The van der Waals surface area contributed by atoms with E-state index in [4.69, 9.17) is 0 Å². The molecule has 0 unspecified atom stereocenters. The number of rotatable bonds is 3. The third-order valence-electron chi connectivity index (χ3n) is 2.44. The van der Waals surface area contributed by atoms with Crippen molar-refractivity contribution in [3.63, 3.8) is 0 Å². The number of hydrogen-bond donors (Lipinski definition) is 2. The Morgan fingerprint density at radius 2 is 2.00 bits per heavy atom. The second kappa shape index (κ2) is 4.78. The number of aromatic nitrogens is 1. The van der Waals surface area contributed by atoms with Crippen LogP contribution in [0.25, 0.3) is 0 Å². The molecule has 5 nitrogen and oxygen atoms in total. The van der Waals surface area contributed by atoms with Crippen LogP contribution < -0.4 is 9.60 Å². The summed E-state index contributed by atoms with van der Waals surface area (Å²) in [5.41, 5.74) is 0.861. The highest BCUT2D eigenvalue weighted by Crippen LogP contribution is 2.21. The van der Waals surface area contributed by atoms with Gasteiger partial charge in [0, 0.05) is 11.4 Å². The average Bonchev–Trinajstić information content (AvgIpc) is 2.63. The lowest BCUT2D eigenvalue weighted by molar-refractivity contribution is 0.602. The quantitative estimate of drug-likeness (QED) is 0.910. The predicted octanol–water partition coefficient (Wildman–Crippen LogP) is 1.99. The van der Waals surface area contributed by atoms with Crippen LogP contribution in [0.5, 0.6) is 0 Å².